The maximum Gasteiger partial charge on any atom is 0.244 e. The number of ether oxygens (including phenoxy) is 1. The molecule has 218 valence electrons. The van der Waals surface area contributed by atoms with E-state index in [0.717, 1.165) is 44.5 Å². The quantitative estimate of drug-likeness (QED) is 0.422. The van der Waals surface area contributed by atoms with Crippen molar-refractivity contribution in [3.8, 4) is 0 Å². The number of aromatic nitrogens is 1. The SMILES string of the molecule is CN(C)CCn1ccc2cc(NC3NCC4C(=O)N5C/C=C\CCOC(C)(C)C6CCCC(N6)N5C4N3)ccc21. The van der Waals surface area contributed by atoms with E-state index in [1.54, 1.807) is 0 Å². The van der Waals surface area contributed by atoms with Crippen molar-refractivity contribution in [2.24, 2.45) is 5.92 Å². The number of carbonyl (C=O) groups excluding carboxylic acids is 1. The molecule has 5 atom stereocenters. The highest BCUT2D eigenvalue weighted by Crippen LogP contribution is 2.34. The molecule has 6 rings (SSSR count). The van der Waals surface area contributed by atoms with Gasteiger partial charge in [0.15, 0.2) is 0 Å². The van der Waals surface area contributed by atoms with Crippen LogP contribution in [-0.2, 0) is 16.1 Å². The van der Waals surface area contributed by atoms with E-state index < -0.39 is 0 Å². The summed E-state index contributed by atoms with van der Waals surface area (Å²) in [4.78, 5) is 15.9. The molecule has 2 aromatic rings. The van der Waals surface area contributed by atoms with E-state index in [0.29, 0.717) is 19.7 Å². The molecule has 2 bridgehead atoms. The number of piperidine rings is 1. The molecule has 10 heteroatoms. The van der Waals surface area contributed by atoms with Crippen LogP contribution in [0, 0.1) is 5.92 Å². The zero-order chi connectivity index (χ0) is 27.9. The van der Waals surface area contributed by atoms with Gasteiger partial charge in [-0.3, -0.25) is 25.8 Å². The minimum absolute atomic E-state index is 0.0675. The zero-order valence-electron chi connectivity index (χ0n) is 24.4. The first-order valence-corrected chi connectivity index (χ1v) is 14.9. The Morgan fingerprint density at radius 3 is 2.88 bits per heavy atom. The average molecular weight is 551 g/mol. The lowest BCUT2D eigenvalue weighted by atomic mass is 9.89. The Kier molecular flexibility index (Phi) is 7.91. The van der Waals surface area contributed by atoms with Gasteiger partial charge in [-0.25, -0.2) is 0 Å². The summed E-state index contributed by atoms with van der Waals surface area (Å²) in [7, 11) is 4.21. The standard InChI is InChI=1S/C30H46N8O2/c1-30(2)25-9-8-10-26(33-25)38-27-23(28(39)37(38)14-6-5-7-18-40-30)20-31-29(34-27)32-22-11-12-24-21(19-22)13-15-36(24)17-16-35(3)4/h5-6,11-13,15,19,23,25-27,29,31-34H,7-10,14,16-18,20H2,1-4H3/b6-5-. The van der Waals surface area contributed by atoms with Crippen molar-refractivity contribution >= 4 is 22.5 Å². The number of anilines is 1. The molecule has 0 saturated carbocycles. The van der Waals surface area contributed by atoms with Crippen LogP contribution in [0.1, 0.15) is 39.5 Å². The summed E-state index contributed by atoms with van der Waals surface area (Å²) >= 11 is 0. The molecule has 0 radical (unpaired) electrons. The smallest absolute Gasteiger partial charge is 0.244 e. The highest BCUT2D eigenvalue weighted by molar-refractivity contribution is 5.84. The van der Waals surface area contributed by atoms with E-state index in [2.05, 4.69) is 106 Å². The van der Waals surface area contributed by atoms with Crippen molar-refractivity contribution in [2.45, 2.75) is 76.3 Å². The molecule has 4 aliphatic heterocycles. The minimum Gasteiger partial charge on any atom is -0.374 e. The van der Waals surface area contributed by atoms with E-state index in [4.69, 9.17) is 4.74 Å². The van der Waals surface area contributed by atoms with Crippen molar-refractivity contribution in [1.29, 1.82) is 0 Å². The van der Waals surface area contributed by atoms with Gasteiger partial charge in [-0.15, -0.1) is 0 Å². The molecule has 1 aromatic carbocycles. The number of carbonyl (C=O) groups is 1. The van der Waals surface area contributed by atoms with Crippen LogP contribution < -0.4 is 21.3 Å². The van der Waals surface area contributed by atoms with Crippen molar-refractivity contribution in [3.63, 3.8) is 0 Å². The predicted octanol–water partition coefficient (Wildman–Crippen LogP) is 2.32. The summed E-state index contributed by atoms with van der Waals surface area (Å²) in [5.74, 6) is 0.0429. The van der Waals surface area contributed by atoms with Gasteiger partial charge < -0.3 is 19.5 Å². The molecule has 0 aliphatic carbocycles. The molecule has 4 aliphatic rings. The Labute approximate surface area is 238 Å². The highest BCUT2D eigenvalue weighted by Gasteiger charge is 2.52. The minimum atomic E-state index is -0.268. The zero-order valence-corrected chi connectivity index (χ0v) is 24.4. The van der Waals surface area contributed by atoms with Crippen LogP contribution in [-0.4, -0.2) is 96.0 Å². The topological polar surface area (TPSA) is 89.1 Å². The van der Waals surface area contributed by atoms with Crippen molar-refractivity contribution in [3.05, 3.63) is 42.6 Å². The van der Waals surface area contributed by atoms with Gasteiger partial charge in [-0.05, 0) is 77.9 Å². The number of nitrogens with zero attached hydrogens (tertiary/aromatic N) is 4. The average Bonchev–Trinajstić information content (AvgIpc) is 3.46. The van der Waals surface area contributed by atoms with E-state index in [1.165, 1.54) is 10.9 Å². The third kappa shape index (κ3) is 5.53. The monoisotopic (exact) mass is 550 g/mol. The Hall–Kier alpha value is -2.47. The van der Waals surface area contributed by atoms with Crippen LogP contribution in [0.4, 0.5) is 5.69 Å². The fraction of sp³-hybridized carbons (Fsp3) is 0.633. The number of likely N-dealkylation sites (N-methyl/N-ethyl adjacent to an activating group) is 1. The summed E-state index contributed by atoms with van der Waals surface area (Å²) < 4.78 is 8.62. The lowest BCUT2D eigenvalue weighted by Crippen LogP contribution is -2.69. The van der Waals surface area contributed by atoms with Crippen molar-refractivity contribution in [2.75, 3.05) is 45.7 Å². The third-order valence-corrected chi connectivity index (χ3v) is 8.99. The van der Waals surface area contributed by atoms with Gasteiger partial charge in [0.05, 0.1) is 37.0 Å². The van der Waals surface area contributed by atoms with E-state index >= 15 is 0 Å². The number of hydrogen-bond acceptors (Lipinski definition) is 8. The highest BCUT2D eigenvalue weighted by atomic mass is 16.5. The molecule has 3 saturated heterocycles. The molecule has 1 aromatic heterocycles. The maximum atomic E-state index is 13.7. The van der Waals surface area contributed by atoms with Gasteiger partial charge in [-0.2, -0.15) is 5.01 Å². The largest absolute Gasteiger partial charge is 0.374 e. The fourth-order valence-corrected chi connectivity index (χ4v) is 6.69. The van der Waals surface area contributed by atoms with Gasteiger partial charge >= 0.3 is 0 Å². The lowest BCUT2D eigenvalue weighted by Gasteiger charge is -2.47. The summed E-state index contributed by atoms with van der Waals surface area (Å²) in [5, 5.41) is 20.3. The number of hydrazine groups is 1. The summed E-state index contributed by atoms with van der Waals surface area (Å²) in [6.07, 6.45) is 10.3. The number of hydrogen-bond donors (Lipinski definition) is 4. The molecule has 3 fully saturated rings. The second-order valence-corrected chi connectivity index (χ2v) is 12.5. The van der Waals surface area contributed by atoms with Crippen LogP contribution in [0.3, 0.4) is 0 Å². The van der Waals surface area contributed by atoms with Gasteiger partial charge in [0.1, 0.15) is 6.29 Å². The molecule has 40 heavy (non-hydrogen) atoms. The lowest BCUT2D eigenvalue weighted by molar-refractivity contribution is -0.147. The van der Waals surface area contributed by atoms with E-state index in [-0.39, 0.29) is 42.1 Å². The number of fused-ring (bicyclic) bond motifs is 7. The number of rotatable bonds is 5. The van der Waals surface area contributed by atoms with E-state index in [9.17, 15) is 4.79 Å². The van der Waals surface area contributed by atoms with Gasteiger partial charge in [-0.1, -0.05) is 12.2 Å². The first kappa shape index (κ1) is 27.7. The molecule has 4 N–H and O–H groups in total. The molecule has 1 amide bonds. The summed E-state index contributed by atoms with van der Waals surface area (Å²) in [6.45, 7) is 8.25. The first-order chi connectivity index (χ1) is 19.3. The second-order valence-electron chi connectivity index (χ2n) is 12.5. The normalized spacial score (nSPS) is 31.9. The van der Waals surface area contributed by atoms with Crippen LogP contribution >= 0.6 is 0 Å². The van der Waals surface area contributed by atoms with Gasteiger partial charge in [0.2, 0.25) is 5.91 Å². The number of amides is 1. The van der Waals surface area contributed by atoms with Crippen LogP contribution in [0.25, 0.3) is 10.9 Å². The Balaban J connectivity index is 1.20. The molecule has 0 spiro atoms. The number of benzene rings is 1. The molecular formula is C30H46N8O2. The predicted molar refractivity (Wildman–Crippen MR) is 158 cm³/mol. The summed E-state index contributed by atoms with van der Waals surface area (Å²) in [5.41, 5.74) is 2.02. The molecule has 5 heterocycles. The van der Waals surface area contributed by atoms with Gasteiger partial charge in [0.25, 0.3) is 0 Å². The van der Waals surface area contributed by atoms with Crippen LogP contribution in [0.5, 0.6) is 0 Å². The maximum absolute atomic E-state index is 13.7. The molecular weight excluding hydrogens is 504 g/mol. The Bertz CT molecular complexity index is 1230. The fourth-order valence-electron chi connectivity index (χ4n) is 6.69. The first-order valence-electron chi connectivity index (χ1n) is 14.9. The molecule has 10 nitrogen and oxygen atoms in total. The second kappa shape index (κ2) is 11.4. The van der Waals surface area contributed by atoms with Crippen molar-refractivity contribution in [1.82, 2.24) is 35.4 Å². The van der Waals surface area contributed by atoms with Crippen LogP contribution in [0.15, 0.2) is 42.6 Å². The van der Waals surface area contributed by atoms with Gasteiger partial charge in [0, 0.05) is 48.5 Å². The Morgan fingerprint density at radius 1 is 1.15 bits per heavy atom. The number of nitrogens with one attached hydrogen (secondary N) is 4. The molecule has 5 unspecified atom stereocenters. The van der Waals surface area contributed by atoms with Crippen LogP contribution in [0.2, 0.25) is 0 Å². The van der Waals surface area contributed by atoms with E-state index in [1.807, 2.05) is 5.01 Å². The summed E-state index contributed by atoms with van der Waals surface area (Å²) in [6, 6.07) is 8.96. The van der Waals surface area contributed by atoms with Crippen molar-refractivity contribution < 1.29 is 9.53 Å². The Morgan fingerprint density at radius 2 is 2.02 bits per heavy atom. The third-order valence-electron chi connectivity index (χ3n) is 8.99.